The normalized spacial score (nSPS) is 14.5. The van der Waals surface area contributed by atoms with Crippen molar-refractivity contribution in [2.45, 2.75) is 27.2 Å². The smallest absolute Gasteiger partial charge is 0.227 e. The molecule has 0 unspecified atom stereocenters. The molecule has 4 rings (SSSR count). The maximum atomic E-state index is 13.0. The first-order chi connectivity index (χ1) is 14.0. The molecular weight excluding hydrogens is 362 g/mol. The fourth-order valence-electron chi connectivity index (χ4n) is 4.25. The Morgan fingerprint density at radius 2 is 1.83 bits per heavy atom. The van der Waals surface area contributed by atoms with Crippen LogP contribution in [0.1, 0.15) is 22.4 Å². The number of carbonyl (C=O) groups excluding carboxylic acids is 1. The summed E-state index contributed by atoms with van der Waals surface area (Å²) in [5.41, 5.74) is 7.10. The number of H-pyrrole nitrogens is 1. The predicted molar refractivity (Wildman–Crippen MR) is 118 cm³/mol. The van der Waals surface area contributed by atoms with Crippen LogP contribution in [-0.2, 0) is 11.2 Å². The van der Waals surface area contributed by atoms with E-state index in [1.54, 1.807) is 7.11 Å². The van der Waals surface area contributed by atoms with Gasteiger partial charge in [0.2, 0.25) is 5.91 Å². The molecule has 2 aromatic carbocycles. The van der Waals surface area contributed by atoms with Gasteiger partial charge in [0.25, 0.3) is 0 Å². The average Bonchev–Trinajstić information content (AvgIpc) is 3.04. The lowest BCUT2D eigenvalue weighted by molar-refractivity contribution is -0.130. The molecule has 1 fully saturated rings. The minimum absolute atomic E-state index is 0.192. The highest BCUT2D eigenvalue weighted by atomic mass is 16.5. The Balaban J connectivity index is 1.46. The second-order valence-corrected chi connectivity index (χ2v) is 7.90. The molecule has 1 aliphatic rings. The van der Waals surface area contributed by atoms with Crippen LogP contribution in [0.5, 0.6) is 5.75 Å². The topological polar surface area (TPSA) is 48.6 Å². The van der Waals surface area contributed by atoms with Gasteiger partial charge in [-0.2, -0.15) is 0 Å². The summed E-state index contributed by atoms with van der Waals surface area (Å²) in [6.07, 6.45) is 0.419. The lowest BCUT2D eigenvalue weighted by Gasteiger charge is -2.37. The number of aromatic nitrogens is 1. The molecule has 5 nitrogen and oxygen atoms in total. The SMILES string of the molecule is COc1ccc2[nH]c(C)c(CC(=O)N3CCN(c4cccc(C)c4C)CC3)c2c1. The molecule has 5 heteroatoms. The van der Waals surface area contributed by atoms with Crippen LogP contribution in [0.25, 0.3) is 10.9 Å². The van der Waals surface area contributed by atoms with Gasteiger partial charge in [0.05, 0.1) is 13.5 Å². The van der Waals surface area contributed by atoms with Crippen LogP contribution in [0.15, 0.2) is 36.4 Å². The van der Waals surface area contributed by atoms with Gasteiger partial charge in [-0.05, 0) is 61.7 Å². The first-order valence-corrected chi connectivity index (χ1v) is 10.2. The average molecular weight is 392 g/mol. The van der Waals surface area contributed by atoms with Crippen LogP contribution >= 0.6 is 0 Å². The van der Waals surface area contributed by atoms with Gasteiger partial charge in [-0.1, -0.05) is 12.1 Å². The van der Waals surface area contributed by atoms with Crippen molar-refractivity contribution in [3.8, 4) is 5.75 Å². The van der Waals surface area contributed by atoms with E-state index in [0.717, 1.165) is 54.1 Å². The number of benzene rings is 2. The van der Waals surface area contributed by atoms with Crippen LogP contribution in [0.3, 0.4) is 0 Å². The summed E-state index contributed by atoms with van der Waals surface area (Å²) in [7, 11) is 1.67. The quantitative estimate of drug-likeness (QED) is 0.731. The van der Waals surface area contributed by atoms with Crippen molar-refractivity contribution in [2.24, 2.45) is 0 Å². The maximum Gasteiger partial charge on any atom is 0.227 e. The number of rotatable bonds is 4. The van der Waals surface area contributed by atoms with Gasteiger partial charge < -0.3 is 19.5 Å². The van der Waals surface area contributed by atoms with E-state index in [1.165, 1.54) is 16.8 Å². The number of nitrogens with zero attached hydrogens (tertiary/aromatic N) is 2. The number of aryl methyl sites for hydroxylation is 2. The number of nitrogens with one attached hydrogen (secondary N) is 1. The Morgan fingerprint density at radius 3 is 2.55 bits per heavy atom. The van der Waals surface area contributed by atoms with Crippen LogP contribution < -0.4 is 9.64 Å². The molecule has 1 saturated heterocycles. The molecule has 2 heterocycles. The molecule has 1 amide bonds. The number of aromatic amines is 1. The Bertz CT molecular complexity index is 1050. The van der Waals surface area contributed by atoms with E-state index >= 15 is 0 Å². The lowest BCUT2D eigenvalue weighted by atomic mass is 10.1. The molecule has 0 spiro atoms. The summed E-state index contributed by atoms with van der Waals surface area (Å²) in [5, 5.41) is 1.07. The van der Waals surface area contributed by atoms with Crippen molar-refractivity contribution in [1.82, 2.24) is 9.88 Å². The summed E-state index contributed by atoms with van der Waals surface area (Å²) in [5.74, 6) is 1.00. The van der Waals surface area contributed by atoms with Crippen molar-refractivity contribution >= 4 is 22.5 Å². The van der Waals surface area contributed by atoms with E-state index < -0.39 is 0 Å². The second kappa shape index (κ2) is 7.82. The van der Waals surface area contributed by atoms with Gasteiger partial charge in [-0.3, -0.25) is 4.79 Å². The van der Waals surface area contributed by atoms with Crippen molar-refractivity contribution in [3.05, 3.63) is 58.8 Å². The van der Waals surface area contributed by atoms with E-state index in [0.29, 0.717) is 6.42 Å². The zero-order valence-electron chi connectivity index (χ0n) is 17.7. The summed E-state index contributed by atoms with van der Waals surface area (Å²) < 4.78 is 5.36. The van der Waals surface area contributed by atoms with Crippen molar-refractivity contribution in [1.29, 1.82) is 0 Å². The number of hydrogen-bond donors (Lipinski definition) is 1. The molecule has 1 N–H and O–H groups in total. The third-order valence-electron chi connectivity index (χ3n) is 6.20. The van der Waals surface area contributed by atoms with Gasteiger partial charge in [0.15, 0.2) is 0 Å². The number of hydrogen-bond acceptors (Lipinski definition) is 3. The monoisotopic (exact) mass is 391 g/mol. The van der Waals surface area contributed by atoms with E-state index in [1.807, 2.05) is 30.0 Å². The standard InChI is InChI=1S/C24H29N3O2/c1-16-6-5-7-23(17(16)2)26-10-12-27(13-11-26)24(28)15-20-18(3)25-22-9-8-19(29-4)14-21(20)22/h5-9,14,25H,10-13,15H2,1-4H3. The molecule has 0 atom stereocenters. The van der Waals surface area contributed by atoms with Crippen molar-refractivity contribution in [2.75, 3.05) is 38.2 Å². The Labute approximate surface area is 172 Å². The van der Waals surface area contributed by atoms with E-state index in [-0.39, 0.29) is 5.91 Å². The van der Waals surface area contributed by atoms with Crippen LogP contribution in [0.2, 0.25) is 0 Å². The number of carbonyl (C=O) groups is 1. The van der Waals surface area contributed by atoms with Crippen molar-refractivity contribution < 1.29 is 9.53 Å². The van der Waals surface area contributed by atoms with Gasteiger partial charge in [-0.15, -0.1) is 0 Å². The van der Waals surface area contributed by atoms with Gasteiger partial charge >= 0.3 is 0 Å². The number of piperazine rings is 1. The molecule has 3 aromatic rings. The fraction of sp³-hybridized carbons (Fsp3) is 0.375. The van der Waals surface area contributed by atoms with Crippen LogP contribution in [-0.4, -0.2) is 49.1 Å². The summed E-state index contributed by atoms with van der Waals surface area (Å²) in [6.45, 7) is 9.63. The third-order valence-corrected chi connectivity index (χ3v) is 6.20. The summed E-state index contributed by atoms with van der Waals surface area (Å²) in [4.78, 5) is 20.8. The molecule has 152 valence electrons. The Morgan fingerprint density at radius 1 is 1.07 bits per heavy atom. The van der Waals surface area contributed by atoms with E-state index in [4.69, 9.17) is 4.74 Å². The number of anilines is 1. The first kappa shape index (κ1) is 19.4. The van der Waals surface area contributed by atoms with Crippen LogP contribution in [0.4, 0.5) is 5.69 Å². The first-order valence-electron chi connectivity index (χ1n) is 10.2. The number of ether oxygens (including phenoxy) is 1. The highest BCUT2D eigenvalue weighted by molar-refractivity contribution is 5.91. The zero-order valence-corrected chi connectivity index (χ0v) is 17.7. The Kier molecular flexibility index (Phi) is 5.22. The van der Waals surface area contributed by atoms with Gasteiger partial charge in [0, 0.05) is 48.5 Å². The third kappa shape index (κ3) is 3.69. The number of amides is 1. The molecule has 0 radical (unpaired) electrons. The number of fused-ring (bicyclic) bond motifs is 1. The fourth-order valence-corrected chi connectivity index (χ4v) is 4.25. The second-order valence-electron chi connectivity index (χ2n) is 7.90. The summed E-state index contributed by atoms with van der Waals surface area (Å²) in [6, 6.07) is 12.4. The molecule has 29 heavy (non-hydrogen) atoms. The molecule has 0 bridgehead atoms. The Hall–Kier alpha value is -2.95. The molecule has 1 aromatic heterocycles. The minimum atomic E-state index is 0.192. The largest absolute Gasteiger partial charge is 0.497 e. The lowest BCUT2D eigenvalue weighted by Crippen LogP contribution is -2.49. The summed E-state index contributed by atoms with van der Waals surface area (Å²) >= 11 is 0. The number of methoxy groups -OCH3 is 1. The predicted octanol–water partition coefficient (Wildman–Crippen LogP) is 3.99. The maximum absolute atomic E-state index is 13.0. The van der Waals surface area contributed by atoms with E-state index in [2.05, 4.69) is 41.9 Å². The molecule has 0 saturated carbocycles. The van der Waals surface area contributed by atoms with E-state index in [9.17, 15) is 4.79 Å². The van der Waals surface area contributed by atoms with Gasteiger partial charge in [-0.25, -0.2) is 0 Å². The molecule has 1 aliphatic heterocycles. The van der Waals surface area contributed by atoms with Crippen molar-refractivity contribution in [3.63, 3.8) is 0 Å². The van der Waals surface area contributed by atoms with Gasteiger partial charge in [0.1, 0.15) is 5.75 Å². The molecule has 0 aliphatic carbocycles. The molecular formula is C24H29N3O2. The van der Waals surface area contributed by atoms with Crippen LogP contribution in [0, 0.1) is 20.8 Å². The highest BCUT2D eigenvalue weighted by Crippen LogP contribution is 2.28. The zero-order chi connectivity index (χ0) is 20.5. The minimum Gasteiger partial charge on any atom is -0.497 e. The highest BCUT2D eigenvalue weighted by Gasteiger charge is 2.24.